The number of hydrogen-bond donors (Lipinski definition) is 1. The molecule has 6 heteroatoms. The number of nitrogens with zero attached hydrogens (tertiary/aromatic N) is 2. The van der Waals surface area contributed by atoms with Crippen LogP contribution in [0.2, 0.25) is 0 Å². The second-order valence-corrected chi connectivity index (χ2v) is 3.69. The Balaban J connectivity index is 2.14. The van der Waals surface area contributed by atoms with E-state index in [9.17, 15) is 4.79 Å². The summed E-state index contributed by atoms with van der Waals surface area (Å²) in [4.78, 5) is 22.3. The molecule has 2 heterocycles. The van der Waals surface area contributed by atoms with Crippen molar-refractivity contribution in [2.45, 2.75) is 6.42 Å². The van der Waals surface area contributed by atoms with Crippen molar-refractivity contribution in [2.75, 3.05) is 7.11 Å². The third kappa shape index (κ3) is 2.21. The van der Waals surface area contributed by atoms with E-state index in [1.807, 2.05) is 5.38 Å². The Labute approximate surface area is 90.1 Å². The van der Waals surface area contributed by atoms with E-state index in [2.05, 4.69) is 19.7 Å². The Bertz CT molecular complexity index is 450. The maximum Gasteiger partial charge on any atom is 0.311 e. The minimum absolute atomic E-state index is 0.202. The van der Waals surface area contributed by atoms with E-state index in [0.717, 1.165) is 10.8 Å². The molecule has 15 heavy (non-hydrogen) atoms. The molecule has 78 valence electrons. The van der Waals surface area contributed by atoms with Crippen LogP contribution in [0.5, 0.6) is 0 Å². The fourth-order valence-electron chi connectivity index (χ4n) is 1.10. The van der Waals surface area contributed by atoms with Gasteiger partial charge in [0.05, 0.1) is 19.2 Å². The zero-order chi connectivity index (χ0) is 10.7. The molecular formula is C9H9N3O2S. The Morgan fingerprint density at radius 3 is 3.20 bits per heavy atom. The van der Waals surface area contributed by atoms with Gasteiger partial charge in [0.15, 0.2) is 10.8 Å². The normalized spacial score (nSPS) is 10.2. The van der Waals surface area contributed by atoms with Crippen LogP contribution in [-0.4, -0.2) is 28.0 Å². The number of carbonyl (C=O) groups is 1. The van der Waals surface area contributed by atoms with Crippen molar-refractivity contribution >= 4 is 17.3 Å². The number of esters is 1. The second-order valence-electron chi connectivity index (χ2n) is 2.83. The van der Waals surface area contributed by atoms with E-state index in [0.29, 0.717) is 5.69 Å². The number of nitrogens with one attached hydrogen (secondary N) is 1. The van der Waals surface area contributed by atoms with Gasteiger partial charge in [-0.05, 0) is 0 Å². The lowest BCUT2D eigenvalue weighted by molar-refractivity contribution is -0.139. The average molecular weight is 223 g/mol. The smallest absolute Gasteiger partial charge is 0.311 e. The summed E-state index contributed by atoms with van der Waals surface area (Å²) >= 11 is 1.45. The minimum Gasteiger partial charge on any atom is -0.469 e. The number of rotatable bonds is 3. The lowest BCUT2D eigenvalue weighted by Crippen LogP contribution is -2.04. The highest BCUT2D eigenvalue weighted by Gasteiger charge is 2.09. The monoisotopic (exact) mass is 223 g/mol. The second kappa shape index (κ2) is 4.22. The van der Waals surface area contributed by atoms with Crippen LogP contribution in [-0.2, 0) is 16.0 Å². The number of hydrogen-bond acceptors (Lipinski definition) is 5. The summed E-state index contributed by atoms with van der Waals surface area (Å²) in [6.07, 6.45) is 3.60. The minimum atomic E-state index is -0.286. The standard InChI is InChI=1S/C9H9N3O2S/c1-14-7(13)4-6-5-15-9(12-6)8-10-2-3-11-8/h2-3,5H,4H2,1H3,(H,10,11). The molecule has 0 radical (unpaired) electrons. The Hall–Kier alpha value is -1.69. The molecule has 0 amide bonds. The lowest BCUT2D eigenvalue weighted by Gasteiger charge is -1.93. The number of aromatic nitrogens is 3. The molecule has 2 aromatic rings. The largest absolute Gasteiger partial charge is 0.469 e. The molecule has 0 saturated carbocycles. The number of thiazole rings is 1. The van der Waals surface area contributed by atoms with Crippen molar-refractivity contribution in [3.8, 4) is 10.8 Å². The fraction of sp³-hybridized carbons (Fsp3) is 0.222. The van der Waals surface area contributed by atoms with Crippen LogP contribution in [0.4, 0.5) is 0 Å². The summed E-state index contributed by atoms with van der Waals surface area (Å²) in [5, 5.41) is 2.60. The van der Waals surface area contributed by atoms with E-state index in [1.165, 1.54) is 18.4 Å². The van der Waals surface area contributed by atoms with Crippen LogP contribution in [0.1, 0.15) is 5.69 Å². The van der Waals surface area contributed by atoms with Crippen LogP contribution in [0.3, 0.4) is 0 Å². The molecule has 0 fully saturated rings. The van der Waals surface area contributed by atoms with Crippen LogP contribution in [0, 0.1) is 0 Å². The molecule has 0 unspecified atom stereocenters. The predicted molar refractivity (Wildman–Crippen MR) is 55.4 cm³/mol. The number of aromatic amines is 1. The molecule has 0 aliphatic carbocycles. The molecule has 1 N–H and O–H groups in total. The van der Waals surface area contributed by atoms with E-state index in [1.54, 1.807) is 12.4 Å². The molecule has 0 aliphatic rings. The van der Waals surface area contributed by atoms with Crippen molar-refractivity contribution in [3.63, 3.8) is 0 Å². The number of carbonyl (C=O) groups excluding carboxylic acids is 1. The highest BCUT2D eigenvalue weighted by molar-refractivity contribution is 7.13. The van der Waals surface area contributed by atoms with Gasteiger partial charge >= 0.3 is 5.97 Å². The van der Waals surface area contributed by atoms with Crippen LogP contribution in [0.15, 0.2) is 17.8 Å². The molecule has 0 bridgehead atoms. The number of ether oxygens (including phenoxy) is 1. The number of methoxy groups -OCH3 is 1. The molecule has 0 spiro atoms. The van der Waals surface area contributed by atoms with Gasteiger partial charge in [0.1, 0.15) is 0 Å². The van der Waals surface area contributed by atoms with Crippen molar-refractivity contribution in [2.24, 2.45) is 0 Å². The first-order valence-corrected chi connectivity index (χ1v) is 5.18. The van der Waals surface area contributed by atoms with Gasteiger partial charge in [0, 0.05) is 17.8 Å². The Morgan fingerprint density at radius 1 is 1.67 bits per heavy atom. The first kappa shape index (κ1) is 9.85. The maximum absolute atomic E-state index is 11.0. The van der Waals surface area contributed by atoms with Crippen LogP contribution in [0.25, 0.3) is 10.8 Å². The van der Waals surface area contributed by atoms with Crippen LogP contribution < -0.4 is 0 Å². The van der Waals surface area contributed by atoms with Gasteiger partial charge in [-0.3, -0.25) is 4.79 Å². The average Bonchev–Trinajstić information content (AvgIpc) is 2.85. The highest BCUT2D eigenvalue weighted by Crippen LogP contribution is 2.20. The van der Waals surface area contributed by atoms with Gasteiger partial charge in [-0.2, -0.15) is 0 Å². The lowest BCUT2D eigenvalue weighted by atomic mass is 10.3. The summed E-state index contributed by atoms with van der Waals surface area (Å²) in [5.74, 6) is 0.433. The van der Waals surface area contributed by atoms with E-state index in [4.69, 9.17) is 0 Å². The summed E-state index contributed by atoms with van der Waals surface area (Å²) in [6, 6.07) is 0. The van der Waals surface area contributed by atoms with E-state index >= 15 is 0 Å². The van der Waals surface area contributed by atoms with Gasteiger partial charge in [-0.15, -0.1) is 11.3 Å². The van der Waals surface area contributed by atoms with Gasteiger partial charge in [0.25, 0.3) is 0 Å². The van der Waals surface area contributed by atoms with Crippen molar-refractivity contribution in [1.29, 1.82) is 0 Å². The number of imidazole rings is 1. The predicted octanol–water partition coefficient (Wildman–Crippen LogP) is 1.25. The first-order chi connectivity index (χ1) is 7.29. The van der Waals surface area contributed by atoms with Gasteiger partial charge in [-0.1, -0.05) is 0 Å². The van der Waals surface area contributed by atoms with Crippen LogP contribution >= 0.6 is 11.3 Å². The maximum atomic E-state index is 11.0. The molecule has 2 rings (SSSR count). The topological polar surface area (TPSA) is 67.9 Å². The van der Waals surface area contributed by atoms with Gasteiger partial charge in [-0.25, -0.2) is 9.97 Å². The SMILES string of the molecule is COC(=O)Cc1csc(-c2ncc[nH]2)n1. The van der Waals surface area contributed by atoms with Crippen molar-refractivity contribution < 1.29 is 9.53 Å². The zero-order valence-corrected chi connectivity index (χ0v) is 8.87. The van der Waals surface area contributed by atoms with Gasteiger partial charge < -0.3 is 9.72 Å². The molecule has 0 saturated heterocycles. The summed E-state index contributed by atoms with van der Waals surface area (Å²) in [7, 11) is 1.36. The third-order valence-corrected chi connectivity index (χ3v) is 2.70. The zero-order valence-electron chi connectivity index (χ0n) is 8.06. The summed E-state index contributed by atoms with van der Waals surface area (Å²) in [6.45, 7) is 0. The Morgan fingerprint density at radius 2 is 2.53 bits per heavy atom. The third-order valence-electron chi connectivity index (χ3n) is 1.81. The van der Waals surface area contributed by atoms with Crippen molar-refractivity contribution in [1.82, 2.24) is 15.0 Å². The van der Waals surface area contributed by atoms with Gasteiger partial charge in [0.2, 0.25) is 0 Å². The Kier molecular flexibility index (Phi) is 2.77. The molecule has 0 atom stereocenters. The molecule has 2 aromatic heterocycles. The highest BCUT2D eigenvalue weighted by atomic mass is 32.1. The summed E-state index contributed by atoms with van der Waals surface area (Å²) in [5.41, 5.74) is 0.707. The van der Waals surface area contributed by atoms with E-state index in [-0.39, 0.29) is 12.4 Å². The molecule has 0 aliphatic heterocycles. The molecular weight excluding hydrogens is 214 g/mol. The summed E-state index contributed by atoms with van der Waals surface area (Å²) < 4.78 is 4.56. The van der Waals surface area contributed by atoms with E-state index < -0.39 is 0 Å². The fourth-order valence-corrected chi connectivity index (χ4v) is 1.88. The molecule has 5 nitrogen and oxygen atoms in total. The quantitative estimate of drug-likeness (QED) is 0.795. The first-order valence-electron chi connectivity index (χ1n) is 4.30. The molecule has 0 aromatic carbocycles. The van der Waals surface area contributed by atoms with Crippen molar-refractivity contribution in [3.05, 3.63) is 23.5 Å². The number of H-pyrrole nitrogens is 1.